The van der Waals surface area contributed by atoms with Gasteiger partial charge in [-0.05, 0) is 43.1 Å². The quantitative estimate of drug-likeness (QED) is 0.770. The number of furan rings is 1. The predicted octanol–water partition coefficient (Wildman–Crippen LogP) is 2.63. The van der Waals surface area contributed by atoms with Gasteiger partial charge in [-0.15, -0.1) is 0 Å². The van der Waals surface area contributed by atoms with Crippen molar-refractivity contribution >= 4 is 11.9 Å². The molecule has 1 N–H and O–H groups in total. The molecule has 0 spiro atoms. The highest BCUT2D eigenvalue weighted by Gasteiger charge is 2.69. The number of rotatable bonds is 5. The summed E-state index contributed by atoms with van der Waals surface area (Å²) in [7, 11) is 1.36. The van der Waals surface area contributed by atoms with Gasteiger partial charge in [0, 0.05) is 17.6 Å². The van der Waals surface area contributed by atoms with Gasteiger partial charge in [0.1, 0.15) is 6.10 Å². The van der Waals surface area contributed by atoms with Crippen molar-refractivity contribution in [3.05, 3.63) is 24.2 Å². The number of hydrogen-bond acceptors (Lipinski definition) is 7. The molecule has 7 nitrogen and oxygen atoms in total. The average Bonchev–Trinajstić information content (AvgIpc) is 3.28. The van der Waals surface area contributed by atoms with E-state index < -0.39 is 28.8 Å². The number of carbonyl (C=O) groups excluding carboxylic acids is 2. The fourth-order valence-electron chi connectivity index (χ4n) is 6.21. The summed E-state index contributed by atoms with van der Waals surface area (Å²) < 4.78 is 22.1. The van der Waals surface area contributed by atoms with E-state index in [0.29, 0.717) is 25.7 Å². The van der Waals surface area contributed by atoms with E-state index in [0.717, 1.165) is 5.56 Å². The zero-order chi connectivity index (χ0) is 20.1. The normalized spacial score (nSPS) is 42.0. The van der Waals surface area contributed by atoms with E-state index in [1.807, 2.05) is 6.07 Å². The van der Waals surface area contributed by atoms with Crippen LogP contribution in [0.1, 0.15) is 51.2 Å². The number of methoxy groups -OCH3 is 1. The molecule has 7 heteroatoms. The van der Waals surface area contributed by atoms with E-state index >= 15 is 0 Å². The van der Waals surface area contributed by atoms with E-state index in [1.54, 1.807) is 12.5 Å². The molecule has 28 heavy (non-hydrogen) atoms. The number of cyclic esters (lactones) is 1. The molecule has 0 amide bonds. The van der Waals surface area contributed by atoms with Crippen LogP contribution in [-0.2, 0) is 23.8 Å². The van der Waals surface area contributed by atoms with Crippen LogP contribution in [0.5, 0.6) is 0 Å². The second-order valence-corrected chi connectivity index (χ2v) is 8.88. The summed E-state index contributed by atoms with van der Waals surface area (Å²) in [5.41, 5.74) is -0.0497. The lowest BCUT2D eigenvalue weighted by molar-refractivity contribution is -0.194. The molecule has 7 atom stereocenters. The lowest BCUT2D eigenvalue weighted by Crippen LogP contribution is -2.58. The minimum atomic E-state index is -0.714. The maximum atomic E-state index is 13.1. The van der Waals surface area contributed by atoms with Crippen LogP contribution < -0.4 is 0 Å². The smallest absolute Gasteiger partial charge is 0.335 e. The fourth-order valence-corrected chi connectivity index (χ4v) is 6.21. The summed E-state index contributed by atoms with van der Waals surface area (Å²) >= 11 is 0. The van der Waals surface area contributed by atoms with Gasteiger partial charge in [0.25, 0.3) is 0 Å². The Hall–Kier alpha value is -1.86. The third-order valence-electron chi connectivity index (χ3n) is 7.34. The average molecular weight is 392 g/mol. The van der Waals surface area contributed by atoms with Gasteiger partial charge in [0.05, 0.1) is 31.7 Å². The summed E-state index contributed by atoms with van der Waals surface area (Å²) in [4.78, 5) is 25.6. The molecule has 3 fully saturated rings. The molecule has 154 valence electrons. The molecule has 1 aliphatic carbocycles. The van der Waals surface area contributed by atoms with E-state index in [-0.39, 0.29) is 30.7 Å². The molecule has 2 bridgehead atoms. The Balaban J connectivity index is 1.76. The predicted molar refractivity (Wildman–Crippen MR) is 97.0 cm³/mol. The molecule has 1 saturated carbocycles. The first-order valence-electron chi connectivity index (χ1n) is 9.92. The molecular formula is C21H28O7. The van der Waals surface area contributed by atoms with Gasteiger partial charge >= 0.3 is 11.9 Å². The van der Waals surface area contributed by atoms with Crippen LogP contribution in [0.15, 0.2) is 23.0 Å². The summed E-state index contributed by atoms with van der Waals surface area (Å²) in [5, 5.41) is 9.48. The Morgan fingerprint density at radius 1 is 1.32 bits per heavy atom. The van der Waals surface area contributed by atoms with E-state index in [9.17, 15) is 14.7 Å². The molecule has 0 radical (unpaired) electrons. The molecule has 1 aromatic rings. The van der Waals surface area contributed by atoms with Crippen LogP contribution in [0.3, 0.4) is 0 Å². The highest BCUT2D eigenvalue weighted by molar-refractivity contribution is 5.79. The molecule has 7 unspecified atom stereocenters. The molecular weight excluding hydrogens is 364 g/mol. The first-order chi connectivity index (χ1) is 13.3. The third kappa shape index (κ3) is 2.70. The Morgan fingerprint density at radius 2 is 2.11 bits per heavy atom. The number of hydrogen-bond donors (Lipinski definition) is 1. The maximum absolute atomic E-state index is 13.1. The van der Waals surface area contributed by atoms with Gasteiger partial charge in [0.15, 0.2) is 6.10 Å². The van der Waals surface area contributed by atoms with Crippen LogP contribution in [0.2, 0.25) is 0 Å². The van der Waals surface area contributed by atoms with Gasteiger partial charge in [-0.2, -0.15) is 0 Å². The number of aliphatic hydroxyl groups excluding tert-OH is 1. The lowest BCUT2D eigenvalue weighted by Gasteiger charge is -2.56. The highest BCUT2D eigenvalue weighted by Crippen LogP contribution is 2.66. The van der Waals surface area contributed by atoms with E-state index in [2.05, 4.69) is 13.8 Å². The monoisotopic (exact) mass is 392 g/mol. The largest absolute Gasteiger partial charge is 0.472 e. The van der Waals surface area contributed by atoms with Crippen molar-refractivity contribution in [2.24, 2.45) is 22.7 Å². The molecule has 1 aromatic heterocycles. The van der Waals surface area contributed by atoms with E-state index in [4.69, 9.17) is 18.6 Å². The molecule has 0 aromatic carbocycles. The molecule has 2 saturated heterocycles. The maximum Gasteiger partial charge on any atom is 0.335 e. The Bertz CT molecular complexity index is 744. The van der Waals surface area contributed by atoms with Crippen LogP contribution >= 0.6 is 0 Å². The zero-order valence-electron chi connectivity index (χ0n) is 16.6. The van der Waals surface area contributed by atoms with Crippen LogP contribution in [0.25, 0.3) is 0 Å². The van der Waals surface area contributed by atoms with Crippen molar-refractivity contribution in [3.8, 4) is 0 Å². The Labute approximate surface area is 164 Å². The second kappa shape index (κ2) is 6.88. The first kappa shape index (κ1) is 19.5. The molecule has 4 rings (SSSR count). The Kier molecular flexibility index (Phi) is 4.78. The summed E-state index contributed by atoms with van der Waals surface area (Å²) in [6.07, 6.45) is 4.25. The number of ether oxygens (including phenoxy) is 3. The SMILES string of the molecule is COC(=O)C1OC2CC1(C)C(CCCO)C1(C)CC(c3ccoc3)OC(=O)C21. The van der Waals surface area contributed by atoms with E-state index in [1.165, 1.54) is 7.11 Å². The topological polar surface area (TPSA) is 95.2 Å². The van der Waals surface area contributed by atoms with Gasteiger partial charge in [-0.3, -0.25) is 4.79 Å². The summed E-state index contributed by atoms with van der Waals surface area (Å²) in [6.45, 7) is 4.24. The van der Waals surface area contributed by atoms with Crippen LogP contribution in [-0.4, -0.2) is 43.0 Å². The Morgan fingerprint density at radius 3 is 2.75 bits per heavy atom. The van der Waals surface area contributed by atoms with Gasteiger partial charge in [-0.1, -0.05) is 13.8 Å². The van der Waals surface area contributed by atoms with Crippen LogP contribution in [0, 0.1) is 22.7 Å². The second-order valence-electron chi connectivity index (χ2n) is 8.88. The zero-order valence-corrected chi connectivity index (χ0v) is 16.6. The van der Waals surface area contributed by atoms with Crippen molar-refractivity contribution < 1.29 is 33.3 Å². The van der Waals surface area contributed by atoms with Crippen molar-refractivity contribution in [3.63, 3.8) is 0 Å². The lowest BCUT2D eigenvalue weighted by atomic mass is 9.48. The molecule has 3 heterocycles. The summed E-state index contributed by atoms with van der Waals surface area (Å²) in [5.74, 6) is -1.13. The standard InChI is InChI=1S/C21H28O7/c1-20-9-13(12-6-8-26-11-12)28-18(23)16(20)14-10-21(2,15(20)5-4-7-22)17(27-14)19(24)25-3/h6,8,11,13-17,22H,4-5,7,9-10H2,1-3H3. The van der Waals surface area contributed by atoms with Crippen LogP contribution in [0.4, 0.5) is 0 Å². The van der Waals surface area contributed by atoms with Gasteiger partial charge < -0.3 is 23.7 Å². The number of fused-ring (bicyclic) bond motifs is 4. The number of aliphatic hydroxyl groups is 1. The molecule has 2 aliphatic heterocycles. The number of carbonyl (C=O) groups is 2. The van der Waals surface area contributed by atoms with Gasteiger partial charge in [-0.25, -0.2) is 4.79 Å². The highest BCUT2D eigenvalue weighted by atomic mass is 16.6. The molecule has 3 aliphatic rings. The number of esters is 2. The van der Waals surface area contributed by atoms with Crippen molar-refractivity contribution in [1.29, 1.82) is 0 Å². The fraction of sp³-hybridized carbons (Fsp3) is 0.714. The van der Waals surface area contributed by atoms with Crippen molar-refractivity contribution in [2.45, 2.75) is 57.8 Å². The first-order valence-corrected chi connectivity index (χ1v) is 9.92. The summed E-state index contributed by atoms with van der Waals surface area (Å²) in [6, 6.07) is 1.82. The third-order valence-corrected chi connectivity index (χ3v) is 7.34. The van der Waals surface area contributed by atoms with Crippen molar-refractivity contribution in [2.75, 3.05) is 13.7 Å². The minimum Gasteiger partial charge on any atom is -0.472 e. The van der Waals surface area contributed by atoms with Gasteiger partial charge in [0.2, 0.25) is 0 Å². The minimum absolute atomic E-state index is 0.00208. The van der Waals surface area contributed by atoms with Crippen molar-refractivity contribution in [1.82, 2.24) is 0 Å².